The normalized spacial score (nSPS) is 17.4. The van der Waals surface area contributed by atoms with Gasteiger partial charge in [0, 0.05) is 47.6 Å². The molecule has 3 aromatic rings. The third-order valence-electron chi connectivity index (χ3n) is 7.88. The first-order chi connectivity index (χ1) is 18.9. The number of halogens is 3. The Hall–Kier alpha value is -3.04. The van der Waals surface area contributed by atoms with Gasteiger partial charge >= 0.3 is 6.18 Å². The molecule has 2 aliphatic heterocycles. The number of carbonyl (C=O) groups excluding carboxylic acids is 1. The van der Waals surface area contributed by atoms with Gasteiger partial charge in [-0.15, -0.1) is 0 Å². The topological polar surface area (TPSA) is 70.2 Å². The molecule has 2 N–H and O–H groups in total. The fourth-order valence-corrected chi connectivity index (χ4v) is 5.70. The quantitative estimate of drug-likeness (QED) is 0.250. The van der Waals surface area contributed by atoms with Crippen LogP contribution in [0, 0.1) is 5.92 Å². The molecule has 4 heterocycles. The minimum atomic E-state index is -4.63. The molecule has 6 nitrogen and oxygen atoms in total. The van der Waals surface area contributed by atoms with Crippen molar-refractivity contribution in [3.05, 3.63) is 53.9 Å². The standard InChI is InChI=1S/C30H36F3N5O/c31-30(32,33)25-18-22(29(39)17-21-7-11-34-12-8-21)5-6-23(25)28-19-27(24-20-35-13-9-26(24)37-28)36-10-4-16-38-14-2-1-3-15-38/h5-6,9,13,18-21,34H,1-4,7-8,10-12,14-17H2,(H,36,37). The Balaban J connectivity index is 1.40. The van der Waals surface area contributed by atoms with Crippen LogP contribution in [0.25, 0.3) is 22.2 Å². The van der Waals surface area contributed by atoms with Crippen LogP contribution in [0.5, 0.6) is 0 Å². The highest BCUT2D eigenvalue weighted by molar-refractivity contribution is 5.98. The molecule has 0 radical (unpaired) electrons. The van der Waals surface area contributed by atoms with Gasteiger partial charge in [-0.2, -0.15) is 13.2 Å². The van der Waals surface area contributed by atoms with Crippen molar-refractivity contribution in [3.8, 4) is 11.3 Å². The van der Waals surface area contributed by atoms with Gasteiger partial charge in [-0.05, 0) is 88.9 Å². The molecule has 2 fully saturated rings. The zero-order valence-electron chi connectivity index (χ0n) is 22.2. The van der Waals surface area contributed by atoms with Crippen molar-refractivity contribution in [1.29, 1.82) is 0 Å². The van der Waals surface area contributed by atoms with Gasteiger partial charge in [0.15, 0.2) is 5.78 Å². The Bertz CT molecular complexity index is 1280. The number of hydrogen-bond acceptors (Lipinski definition) is 6. The first kappa shape index (κ1) is 27.5. The van der Waals surface area contributed by atoms with Gasteiger partial charge in [0.25, 0.3) is 0 Å². The summed E-state index contributed by atoms with van der Waals surface area (Å²) in [5.41, 5.74) is 0.732. The van der Waals surface area contributed by atoms with E-state index in [0.29, 0.717) is 17.7 Å². The molecule has 0 bridgehead atoms. The van der Waals surface area contributed by atoms with E-state index < -0.39 is 11.7 Å². The molecule has 0 aliphatic carbocycles. The fourth-order valence-electron chi connectivity index (χ4n) is 5.70. The van der Waals surface area contributed by atoms with Crippen LogP contribution in [-0.2, 0) is 6.18 Å². The highest BCUT2D eigenvalue weighted by Crippen LogP contribution is 2.39. The van der Waals surface area contributed by atoms with Crippen LogP contribution >= 0.6 is 0 Å². The van der Waals surface area contributed by atoms with Gasteiger partial charge in [-0.25, -0.2) is 4.98 Å². The number of likely N-dealkylation sites (tertiary alicyclic amines) is 1. The number of aromatic nitrogens is 2. The second-order valence-electron chi connectivity index (χ2n) is 10.7. The molecule has 2 saturated heterocycles. The molecule has 0 atom stereocenters. The average Bonchev–Trinajstić information content (AvgIpc) is 2.95. The van der Waals surface area contributed by atoms with Crippen molar-refractivity contribution in [2.75, 3.05) is 44.6 Å². The molecule has 2 aliphatic rings. The molecule has 39 heavy (non-hydrogen) atoms. The lowest BCUT2D eigenvalue weighted by Gasteiger charge is -2.26. The van der Waals surface area contributed by atoms with E-state index >= 15 is 0 Å². The third kappa shape index (κ3) is 6.94. The van der Waals surface area contributed by atoms with Crippen molar-refractivity contribution in [2.24, 2.45) is 5.92 Å². The summed E-state index contributed by atoms with van der Waals surface area (Å²) in [6.45, 7) is 5.61. The largest absolute Gasteiger partial charge is 0.417 e. The molecule has 1 aromatic carbocycles. The first-order valence-corrected chi connectivity index (χ1v) is 14.0. The van der Waals surface area contributed by atoms with Gasteiger partial charge in [0.2, 0.25) is 0 Å². The maximum Gasteiger partial charge on any atom is 0.417 e. The average molecular weight is 540 g/mol. The fraction of sp³-hybridized carbons (Fsp3) is 0.500. The Morgan fingerprint density at radius 3 is 2.64 bits per heavy atom. The maximum absolute atomic E-state index is 14.3. The van der Waals surface area contributed by atoms with Crippen molar-refractivity contribution in [2.45, 2.75) is 51.1 Å². The van der Waals surface area contributed by atoms with E-state index in [2.05, 4.69) is 25.5 Å². The van der Waals surface area contributed by atoms with Gasteiger partial charge in [0.05, 0.1) is 16.8 Å². The van der Waals surface area contributed by atoms with Crippen LogP contribution < -0.4 is 10.6 Å². The molecule has 0 amide bonds. The Labute approximate surface area is 227 Å². The summed E-state index contributed by atoms with van der Waals surface area (Å²) in [6.07, 6.45) is 5.34. The molecular weight excluding hydrogens is 503 g/mol. The van der Waals surface area contributed by atoms with Crippen molar-refractivity contribution >= 4 is 22.4 Å². The van der Waals surface area contributed by atoms with Gasteiger partial charge < -0.3 is 15.5 Å². The van der Waals surface area contributed by atoms with Crippen molar-refractivity contribution < 1.29 is 18.0 Å². The molecule has 9 heteroatoms. The number of nitrogens with zero attached hydrogens (tertiary/aromatic N) is 3. The number of alkyl halides is 3. The van der Waals surface area contributed by atoms with Crippen molar-refractivity contribution in [1.82, 2.24) is 20.2 Å². The second kappa shape index (κ2) is 12.4. The summed E-state index contributed by atoms with van der Waals surface area (Å²) >= 11 is 0. The number of benzene rings is 1. The number of ketones is 1. The molecule has 0 spiro atoms. The van der Waals surface area contributed by atoms with Crippen LogP contribution in [0.1, 0.15) is 60.9 Å². The van der Waals surface area contributed by atoms with Crippen LogP contribution in [-0.4, -0.2) is 59.9 Å². The lowest BCUT2D eigenvalue weighted by atomic mass is 9.89. The molecule has 0 saturated carbocycles. The zero-order valence-corrected chi connectivity index (χ0v) is 22.2. The highest BCUT2D eigenvalue weighted by atomic mass is 19.4. The molecular formula is C30H36F3N5O. The summed E-state index contributed by atoms with van der Waals surface area (Å²) in [7, 11) is 0. The molecule has 2 aromatic heterocycles. The Kier molecular flexibility index (Phi) is 8.77. The van der Waals surface area contributed by atoms with Gasteiger partial charge in [-0.3, -0.25) is 9.78 Å². The number of fused-ring (bicyclic) bond motifs is 1. The van der Waals surface area contributed by atoms with E-state index in [1.54, 1.807) is 24.5 Å². The predicted molar refractivity (Wildman–Crippen MR) is 148 cm³/mol. The number of pyridine rings is 2. The van der Waals surface area contributed by atoms with E-state index in [1.807, 2.05) is 0 Å². The van der Waals surface area contributed by atoms with Crippen LogP contribution in [0.2, 0.25) is 0 Å². The lowest BCUT2D eigenvalue weighted by molar-refractivity contribution is -0.137. The van der Waals surface area contributed by atoms with E-state index in [1.165, 1.54) is 31.4 Å². The number of hydrogen-bond donors (Lipinski definition) is 2. The van der Waals surface area contributed by atoms with E-state index in [9.17, 15) is 18.0 Å². The SMILES string of the molecule is O=C(CC1CCNCC1)c1ccc(-c2cc(NCCCN3CCCCC3)c3cnccc3n2)c(C(F)(F)F)c1. The Morgan fingerprint density at radius 1 is 1.08 bits per heavy atom. The Morgan fingerprint density at radius 2 is 1.87 bits per heavy atom. The first-order valence-electron chi connectivity index (χ1n) is 14.0. The summed E-state index contributed by atoms with van der Waals surface area (Å²) in [5, 5.41) is 7.44. The summed E-state index contributed by atoms with van der Waals surface area (Å²) in [6, 6.07) is 7.29. The predicted octanol–water partition coefficient (Wildman–Crippen LogP) is 6.18. The minimum Gasteiger partial charge on any atom is -0.384 e. The highest BCUT2D eigenvalue weighted by Gasteiger charge is 2.35. The number of rotatable bonds is 9. The van der Waals surface area contributed by atoms with Gasteiger partial charge in [-0.1, -0.05) is 18.6 Å². The maximum atomic E-state index is 14.3. The molecule has 208 valence electrons. The summed E-state index contributed by atoms with van der Waals surface area (Å²) in [5.74, 6) is -0.0420. The van der Waals surface area contributed by atoms with Crippen LogP contribution in [0.15, 0.2) is 42.7 Å². The van der Waals surface area contributed by atoms with Crippen molar-refractivity contribution in [3.63, 3.8) is 0 Å². The number of nitrogens with one attached hydrogen (secondary N) is 2. The number of anilines is 1. The second-order valence-corrected chi connectivity index (χ2v) is 10.7. The zero-order chi connectivity index (χ0) is 27.2. The summed E-state index contributed by atoms with van der Waals surface area (Å²) in [4.78, 5) is 24.1. The van der Waals surface area contributed by atoms with Crippen LogP contribution in [0.3, 0.4) is 0 Å². The molecule has 0 unspecified atom stereocenters. The van der Waals surface area contributed by atoms with E-state index in [-0.39, 0.29) is 34.9 Å². The lowest BCUT2D eigenvalue weighted by Crippen LogP contribution is -2.31. The number of Topliss-reactive ketones (excluding diaryl/α,β-unsaturated/α-hetero) is 1. The minimum absolute atomic E-state index is 0.0315. The third-order valence-corrected chi connectivity index (χ3v) is 7.88. The summed E-state index contributed by atoms with van der Waals surface area (Å²) < 4.78 is 42.9. The monoisotopic (exact) mass is 539 g/mol. The number of carbonyl (C=O) groups is 1. The smallest absolute Gasteiger partial charge is 0.384 e. The van der Waals surface area contributed by atoms with E-state index in [4.69, 9.17) is 0 Å². The molecule has 5 rings (SSSR count). The number of piperidine rings is 2. The van der Waals surface area contributed by atoms with Crippen LogP contribution in [0.4, 0.5) is 18.9 Å². The van der Waals surface area contributed by atoms with E-state index in [0.717, 1.165) is 63.4 Å². The van der Waals surface area contributed by atoms with Gasteiger partial charge in [0.1, 0.15) is 0 Å².